The van der Waals surface area contributed by atoms with Crippen molar-refractivity contribution in [2.24, 2.45) is 0 Å². The molecule has 0 saturated carbocycles. The largest absolute Gasteiger partial charge is 0.497 e. The molecule has 0 amide bonds. The maximum atomic E-state index is 9.24. The van der Waals surface area contributed by atoms with Gasteiger partial charge < -0.3 is 4.74 Å². The Morgan fingerprint density at radius 2 is 2.05 bits per heavy atom. The van der Waals surface area contributed by atoms with Crippen molar-refractivity contribution in [2.45, 2.75) is 23.8 Å². The minimum atomic E-state index is 0.637. The molecule has 0 fully saturated rings. The molecule has 3 nitrogen and oxygen atoms in total. The fourth-order valence-electron chi connectivity index (χ4n) is 1.79. The molecule has 2 aromatic rings. The lowest BCUT2D eigenvalue weighted by Gasteiger charge is -2.08. The number of methoxy groups -OCH3 is 1. The molecule has 0 bridgehead atoms. The van der Waals surface area contributed by atoms with Gasteiger partial charge in [0.1, 0.15) is 16.8 Å². The molecule has 2 rings (SSSR count). The van der Waals surface area contributed by atoms with Crippen molar-refractivity contribution in [3.8, 4) is 11.8 Å². The first-order valence-electron chi connectivity index (χ1n) is 5.84. The molecule has 1 heterocycles. The van der Waals surface area contributed by atoms with Gasteiger partial charge in [0.15, 0.2) is 0 Å². The van der Waals surface area contributed by atoms with E-state index in [0.29, 0.717) is 5.56 Å². The highest BCUT2D eigenvalue weighted by molar-refractivity contribution is 7.99. The van der Waals surface area contributed by atoms with Crippen LogP contribution in [-0.4, -0.2) is 12.1 Å². The number of rotatable bonds is 3. The summed E-state index contributed by atoms with van der Waals surface area (Å²) in [6, 6.07) is 11.9. The number of hydrogen-bond donors (Lipinski definition) is 0. The van der Waals surface area contributed by atoms with E-state index in [4.69, 9.17) is 4.74 Å². The van der Waals surface area contributed by atoms with E-state index in [0.717, 1.165) is 26.9 Å². The number of hydrogen-bond acceptors (Lipinski definition) is 4. The maximum Gasteiger partial charge on any atom is 0.119 e. The Hall–Kier alpha value is -1.99. The van der Waals surface area contributed by atoms with E-state index in [1.807, 2.05) is 44.2 Å². The zero-order valence-electron chi connectivity index (χ0n) is 11.1. The topological polar surface area (TPSA) is 45.9 Å². The van der Waals surface area contributed by atoms with Crippen LogP contribution in [0.5, 0.6) is 5.75 Å². The van der Waals surface area contributed by atoms with E-state index >= 15 is 0 Å². The summed E-state index contributed by atoms with van der Waals surface area (Å²) in [4.78, 5) is 5.46. The molecular weight excluding hydrogens is 256 g/mol. The number of pyridine rings is 1. The van der Waals surface area contributed by atoms with Crippen LogP contribution in [0.4, 0.5) is 0 Å². The van der Waals surface area contributed by atoms with Gasteiger partial charge in [-0.3, -0.25) is 0 Å². The van der Waals surface area contributed by atoms with Gasteiger partial charge in [-0.15, -0.1) is 0 Å². The Bertz CT molecular complexity index is 647. The third-order valence-corrected chi connectivity index (χ3v) is 3.66. The maximum absolute atomic E-state index is 9.24. The summed E-state index contributed by atoms with van der Waals surface area (Å²) in [7, 11) is 1.64. The second-order valence-electron chi connectivity index (χ2n) is 4.15. The van der Waals surface area contributed by atoms with Gasteiger partial charge in [0, 0.05) is 10.6 Å². The van der Waals surface area contributed by atoms with Crippen LogP contribution in [0.3, 0.4) is 0 Å². The minimum Gasteiger partial charge on any atom is -0.497 e. The highest BCUT2D eigenvalue weighted by atomic mass is 32.2. The number of aryl methyl sites for hydroxylation is 2. The van der Waals surface area contributed by atoms with Crippen LogP contribution in [-0.2, 0) is 0 Å². The Balaban J connectivity index is 2.40. The van der Waals surface area contributed by atoms with Crippen molar-refractivity contribution >= 4 is 11.8 Å². The molecular formula is C15H14N2OS. The lowest BCUT2D eigenvalue weighted by atomic mass is 10.1. The van der Waals surface area contributed by atoms with Crippen LogP contribution in [0.25, 0.3) is 0 Å². The normalized spacial score (nSPS) is 10.0. The minimum absolute atomic E-state index is 0.637. The molecule has 0 spiro atoms. The quantitative estimate of drug-likeness (QED) is 0.852. The molecule has 96 valence electrons. The van der Waals surface area contributed by atoms with E-state index < -0.39 is 0 Å². The Morgan fingerprint density at radius 1 is 1.26 bits per heavy atom. The number of ether oxygens (including phenoxy) is 1. The van der Waals surface area contributed by atoms with Crippen LogP contribution in [0.1, 0.15) is 16.8 Å². The Morgan fingerprint density at radius 3 is 2.74 bits per heavy atom. The summed E-state index contributed by atoms with van der Waals surface area (Å²) < 4.78 is 5.20. The first kappa shape index (κ1) is 13.4. The molecule has 0 unspecified atom stereocenters. The molecule has 0 saturated heterocycles. The number of aromatic nitrogens is 1. The van der Waals surface area contributed by atoms with E-state index in [2.05, 4.69) is 11.1 Å². The van der Waals surface area contributed by atoms with Crippen molar-refractivity contribution < 1.29 is 4.74 Å². The van der Waals surface area contributed by atoms with Gasteiger partial charge in [-0.2, -0.15) is 5.26 Å². The summed E-state index contributed by atoms with van der Waals surface area (Å²) in [6.45, 7) is 3.87. The highest BCUT2D eigenvalue weighted by Crippen LogP contribution is 2.32. The van der Waals surface area contributed by atoms with Gasteiger partial charge >= 0.3 is 0 Å². The second-order valence-corrected chi connectivity index (χ2v) is 5.22. The van der Waals surface area contributed by atoms with E-state index in [-0.39, 0.29) is 0 Å². The zero-order chi connectivity index (χ0) is 13.8. The lowest BCUT2D eigenvalue weighted by molar-refractivity contribution is 0.413. The number of nitrogens with zero attached hydrogens (tertiary/aromatic N) is 2. The predicted molar refractivity (Wildman–Crippen MR) is 75.5 cm³/mol. The average molecular weight is 270 g/mol. The second kappa shape index (κ2) is 5.77. The van der Waals surface area contributed by atoms with Crippen LogP contribution >= 0.6 is 11.8 Å². The first-order valence-corrected chi connectivity index (χ1v) is 6.66. The van der Waals surface area contributed by atoms with E-state index in [9.17, 15) is 5.26 Å². The molecule has 1 aromatic heterocycles. The van der Waals surface area contributed by atoms with Crippen LogP contribution < -0.4 is 4.74 Å². The van der Waals surface area contributed by atoms with Gasteiger partial charge in [-0.1, -0.05) is 17.8 Å². The summed E-state index contributed by atoms with van der Waals surface area (Å²) in [5, 5.41) is 9.98. The third-order valence-electron chi connectivity index (χ3n) is 2.68. The molecule has 0 radical (unpaired) electrons. The molecule has 19 heavy (non-hydrogen) atoms. The highest BCUT2D eigenvalue weighted by Gasteiger charge is 2.10. The van der Waals surface area contributed by atoms with Gasteiger partial charge in [-0.25, -0.2) is 4.98 Å². The van der Waals surface area contributed by atoms with E-state index in [1.54, 1.807) is 7.11 Å². The van der Waals surface area contributed by atoms with E-state index in [1.165, 1.54) is 11.8 Å². The number of nitriles is 1. The zero-order valence-corrected chi connectivity index (χ0v) is 11.9. The molecule has 0 aliphatic rings. The number of benzene rings is 1. The molecule has 0 aliphatic heterocycles. The van der Waals surface area contributed by atoms with Gasteiger partial charge in [-0.05, 0) is 43.7 Å². The van der Waals surface area contributed by atoms with Crippen LogP contribution in [0.15, 0.2) is 40.3 Å². The molecule has 1 aromatic carbocycles. The summed E-state index contributed by atoms with van der Waals surface area (Å²) in [6.07, 6.45) is 0. The van der Waals surface area contributed by atoms with Gasteiger partial charge in [0.05, 0.1) is 12.7 Å². The van der Waals surface area contributed by atoms with Crippen molar-refractivity contribution in [3.05, 3.63) is 47.2 Å². The Labute approximate surface area is 117 Å². The molecule has 0 aliphatic carbocycles. The first-order chi connectivity index (χ1) is 9.13. The summed E-state index contributed by atoms with van der Waals surface area (Å²) in [5.74, 6) is 0.799. The van der Waals surface area contributed by atoms with Crippen molar-refractivity contribution in [3.63, 3.8) is 0 Å². The average Bonchev–Trinajstić information content (AvgIpc) is 2.38. The van der Waals surface area contributed by atoms with Crippen molar-refractivity contribution in [1.82, 2.24) is 4.98 Å². The van der Waals surface area contributed by atoms with Crippen LogP contribution in [0, 0.1) is 25.2 Å². The fraction of sp³-hybridized carbons (Fsp3) is 0.200. The Kier molecular flexibility index (Phi) is 4.08. The smallest absolute Gasteiger partial charge is 0.119 e. The molecule has 0 atom stereocenters. The molecule has 4 heteroatoms. The van der Waals surface area contributed by atoms with Gasteiger partial charge in [0.25, 0.3) is 0 Å². The monoisotopic (exact) mass is 270 g/mol. The standard InChI is InChI=1S/C15H14N2OS/c1-10-7-11(2)17-15(14(10)9-16)19-13-6-4-5-12(8-13)18-3/h4-8H,1-3H3. The SMILES string of the molecule is COc1cccc(Sc2nc(C)cc(C)c2C#N)c1. The lowest BCUT2D eigenvalue weighted by Crippen LogP contribution is -1.94. The summed E-state index contributed by atoms with van der Waals surface area (Å²) >= 11 is 1.48. The van der Waals surface area contributed by atoms with Crippen molar-refractivity contribution in [2.75, 3.05) is 7.11 Å². The third kappa shape index (κ3) is 3.07. The summed E-state index contributed by atoms with van der Waals surface area (Å²) in [5.41, 5.74) is 2.51. The van der Waals surface area contributed by atoms with Crippen molar-refractivity contribution in [1.29, 1.82) is 5.26 Å². The van der Waals surface area contributed by atoms with Crippen LogP contribution in [0.2, 0.25) is 0 Å². The predicted octanol–water partition coefficient (Wildman–Crippen LogP) is 3.73. The molecule has 0 N–H and O–H groups in total. The van der Waals surface area contributed by atoms with Gasteiger partial charge in [0.2, 0.25) is 0 Å². The fourth-order valence-corrected chi connectivity index (χ4v) is 2.83.